The van der Waals surface area contributed by atoms with Crippen LogP contribution in [0.15, 0.2) is 24.4 Å². The molecule has 2 amide bonds. The monoisotopic (exact) mass is 424 g/mol. The largest absolute Gasteiger partial charge is 0.495 e. The van der Waals surface area contributed by atoms with Crippen LogP contribution in [0.5, 0.6) is 5.75 Å². The lowest BCUT2D eigenvalue weighted by molar-refractivity contribution is -0.125. The number of nitrogens with zero attached hydrogens (tertiary/aromatic N) is 4. The molecule has 31 heavy (non-hydrogen) atoms. The maximum absolute atomic E-state index is 13.0. The van der Waals surface area contributed by atoms with E-state index in [0.29, 0.717) is 41.2 Å². The van der Waals surface area contributed by atoms with Gasteiger partial charge in [0.1, 0.15) is 11.4 Å². The first-order valence-corrected chi connectivity index (χ1v) is 10.3. The van der Waals surface area contributed by atoms with E-state index in [1.165, 1.54) is 0 Å². The van der Waals surface area contributed by atoms with E-state index in [1.54, 1.807) is 50.5 Å². The highest BCUT2D eigenvalue weighted by Crippen LogP contribution is 2.42. The molecule has 1 saturated carbocycles. The molecule has 0 radical (unpaired) electrons. The summed E-state index contributed by atoms with van der Waals surface area (Å²) < 4.78 is 5.45. The van der Waals surface area contributed by atoms with Crippen LogP contribution in [0.25, 0.3) is 0 Å². The molecular weight excluding hydrogens is 396 g/mol. The Bertz CT molecular complexity index is 1030. The van der Waals surface area contributed by atoms with Gasteiger partial charge in [0.25, 0.3) is 5.91 Å². The normalized spacial score (nSPS) is 17.6. The number of carbonyl (C=O) groups excluding carboxylic acids is 2. The smallest absolute Gasteiger partial charge is 0.251 e. The number of fused-ring (bicyclic) bond motifs is 1. The van der Waals surface area contributed by atoms with Gasteiger partial charge in [-0.3, -0.25) is 9.59 Å². The number of hydrogen-bond donors (Lipinski definition) is 2. The third-order valence-corrected chi connectivity index (χ3v) is 5.76. The van der Waals surface area contributed by atoms with Crippen LogP contribution < -0.4 is 25.2 Å². The molecule has 1 aliphatic heterocycles. The third-order valence-electron chi connectivity index (χ3n) is 5.76. The SMILES string of the molecule is CNC(=O)c1ccc(Nc2ncc3c(n2)N(C2CC2)CC(C)(C)C(=O)N3C)c(OC)c1. The zero-order chi connectivity index (χ0) is 22.3. The van der Waals surface area contributed by atoms with Gasteiger partial charge in [0, 0.05) is 32.2 Å². The Balaban J connectivity index is 1.70. The molecule has 0 spiro atoms. The Labute approximate surface area is 181 Å². The molecule has 0 unspecified atom stereocenters. The minimum Gasteiger partial charge on any atom is -0.495 e. The predicted octanol–water partition coefficient (Wildman–Crippen LogP) is 2.56. The Morgan fingerprint density at radius 2 is 2.03 bits per heavy atom. The van der Waals surface area contributed by atoms with Gasteiger partial charge >= 0.3 is 0 Å². The fraction of sp³-hybridized carbons (Fsp3) is 0.455. The van der Waals surface area contributed by atoms with E-state index < -0.39 is 5.41 Å². The molecule has 0 bridgehead atoms. The number of hydrogen-bond acceptors (Lipinski definition) is 7. The summed E-state index contributed by atoms with van der Waals surface area (Å²) in [7, 11) is 4.90. The van der Waals surface area contributed by atoms with Crippen LogP contribution in [0, 0.1) is 5.41 Å². The van der Waals surface area contributed by atoms with E-state index in [0.717, 1.165) is 18.7 Å². The highest BCUT2D eigenvalue weighted by molar-refractivity contribution is 6.01. The zero-order valence-corrected chi connectivity index (χ0v) is 18.5. The van der Waals surface area contributed by atoms with Crippen molar-refractivity contribution in [1.82, 2.24) is 15.3 Å². The van der Waals surface area contributed by atoms with E-state index in [2.05, 4.69) is 20.5 Å². The van der Waals surface area contributed by atoms with Crippen LogP contribution in [0.3, 0.4) is 0 Å². The second-order valence-electron chi connectivity index (χ2n) is 8.63. The van der Waals surface area contributed by atoms with Gasteiger partial charge < -0.3 is 25.2 Å². The van der Waals surface area contributed by atoms with E-state index in [9.17, 15) is 9.59 Å². The lowest BCUT2D eigenvalue weighted by Gasteiger charge is -2.29. The molecule has 2 aromatic rings. The number of ether oxygens (including phenoxy) is 1. The van der Waals surface area contributed by atoms with E-state index in [1.807, 2.05) is 13.8 Å². The van der Waals surface area contributed by atoms with Crippen LogP contribution in [0.1, 0.15) is 37.0 Å². The van der Waals surface area contributed by atoms with E-state index >= 15 is 0 Å². The third kappa shape index (κ3) is 3.87. The highest BCUT2D eigenvalue weighted by Gasteiger charge is 2.43. The molecule has 0 atom stereocenters. The van der Waals surface area contributed by atoms with Crippen LogP contribution in [0.4, 0.5) is 23.1 Å². The number of rotatable bonds is 5. The average Bonchev–Trinajstić information content (AvgIpc) is 3.61. The summed E-state index contributed by atoms with van der Waals surface area (Å²) in [5, 5.41) is 5.80. The van der Waals surface area contributed by atoms with Gasteiger partial charge in [-0.15, -0.1) is 0 Å². The minimum atomic E-state index is -0.523. The van der Waals surface area contributed by atoms with Crippen molar-refractivity contribution in [2.75, 3.05) is 42.9 Å². The van der Waals surface area contributed by atoms with Crippen molar-refractivity contribution in [2.24, 2.45) is 5.41 Å². The number of aromatic nitrogens is 2. The number of methoxy groups -OCH3 is 1. The summed E-state index contributed by atoms with van der Waals surface area (Å²) >= 11 is 0. The Kier molecular flexibility index (Phi) is 5.20. The van der Waals surface area contributed by atoms with Crippen LogP contribution in [0.2, 0.25) is 0 Å². The molecule has 9 heteroatoms. The molecule has 1 fully saturated rings. The van der Waals surface area contributed by atoms with Crippen LogP contribution >= 0.6 is 0 Å². The molecule has 4 rings (SSSR count). The first kappa shape index (κ1) is 20.9. The molecule has 2 N–H and O–H groups in total. The lowest BCUT2D eigenvalue weighted by Crippen LogP contribution is -2.43. The van der Waals surface area contributed by atoms with Crippen molar-refractivity contribution in [3.63, 3.8) is 0 Å². The highest BCUT2D eigenvalue weighted by atomic mass is 16.5. The summed E-state index contributed by atoms with van der Waals surface area (Å²) in [6, 6.07) is 5.52. The van der Waals surface area contributed by atoms with Gasteiger partial charge in [-0.05, 0) is 44.9 Å². The molecule has 9 nitrogen and oxygen atoms in total. The van der Waals surface area contributed by atoms with Gasteiger partial charge in [0.2, 0.25) is 11.9 Å². The second kappa shape index (κ2) is 7.72. The quantitative estimate of drug-likeness (QED) is 0.761. The first-order valence-electron chi connectivity index (χ1n) is 10.3. The van der Waals surface area contributed by atoms with Crippen LogP contribution in [-0.2, 0) is 4.79 Å². The maximum atomic E-state index is 13.0. The summed E-state index contributed by atoms with van der Waals surface area (Å²) in [5.41, 5.74) is 1.32. The summed E-state index contributed by atoms with van der Waals surface area (Å²) in [5.74, 6) is 1.51. The van der Waals surface area contributed by atoms with Crippen molar-refractivity contribution >= 4 is 35.0 Å². The van der Waals surface area contributed by atoms with Crippen molar-refractivity contribution in [3.05, 3.63) is 30.0 Å². The van der Waals surface area contributed by atoms with Gasteiger partial charge in [-0.1, -0.05) is 0 Å². The van der Waals surface area contributed by atoms with Crippen molar-refractivity contribution in [2.45, 2.75) is 32.7 Å². The molecule has 2 heterocycles. The summed E-state index contributed by atoms with van der Waals surface area (Å²) in [4.78, 5) is 38.0. The predicted molar refractivity (Wildman–Crippen MR) is 119 cm³/mol. The topological polar surface area (TPSA) is 99.7 Å². The Morgan fingerprint density at radius 3 is 2.68 bits per heavy atom. The lowest BCUT2D eigenvalue weighted by atomic mass is 9.91. The fourth-order valence-corrected chi connectivity index (χ4v) is 3.90. The Morgan fingerprint density at radius 1 is 1.29 bits per heavy atom. The first-order chi connectivity index (χ1) is 14.7. The Hall–Kier alpha value is -3.36. The van der Waals surface area contributed by atoms with E-state index in [4.69, 9.17) is 9.72 Å². The number of amides is 2. The molecule has 2 aliphatic rings. The fourth-order valence-electron chi connectivity index (χ4n) is 3.90. The van der Waals surface area contributed by atoms with Crippen LogP contribution in [-0.4, -0.2) is 55.6 Å². The number of anilines is 4. The summed E-state index contributed by atoms with van der Waals surface area (Å²) in [6.07, 6.45) is 3.87. The van der Waals surface area contributed by atoms with E-state index in [-0.39, 0.29) is 11.8 Å². The molecule has 1 aromatic carbocycles. The zero-order valence-electron chi connectivity index (χ0n) is 18.5. The molecule has 1 aliphatic carbocycles. The van der Waals surface area contributed by atoms with Crippen molar-refractivity contribution < 1.29 is 14.3 Å². The molecule has 164 valence electrons. The maximum Gasteiger partial charge on any atom is 0.251 e. The van der Waals surface area contributed by atoms with Gasteiger partial charge in [0.15, 0.2) is 5.82 Å². The minimum absolute atomic E-state index is 0.0488. The van der Waals surface area contributed by atoms with Crippen molar-refractivity contribution in [3.8, 4) is 5.75 Å². The van der Waals surface area contributed by atoms with Crippen molar-refractivity contribution in [1.29, 1.82) is 0 Å². The molecule has 0 saturated heterocycles. The molecular formula is C22H28N6O3. The number of benzene rings is 1. The number of nitrogens with one attached hydrogen (secondary N) is 2. The van der Waals surface area contributed by atoms with Gasteiger partial charge in [0.05, 0.1) is 24.4 Å². The van der Waals surface area contributed by atoms with Gasteiger partial charge in [-0.2, -0.15) is 4.98 Å². The summed E-state index contributed by atoms with van der Waals surface area (Å²) in [6.45, 7) is 4.55. The second-order valence-corrected chi connectivity index (χ2v) is 8.63. The average molecular weight is 425 g/mol. The standard InChI is InChI=1S/C22H28N6O3/c1-22(2)12-28(14-7-8-14)18-16(27(4)20(22)30)11-24-21(26-18)25-15-9-6-13(19(29)23-3)10-17(15)31-5/h6,9-11,14H,7-8,12H2,1-5H3,(H,23,29)(H,24,25,26). The number of carbonyl (C=O) groups is 2. The van der Waals surface area contributed by atoms with Gasteiger partial charge in [-0.25, -0.2) is 4.98 Å². The molecule has 1 aromatic heterocycles.